The maximum absolute atomic E-state index is 13.2. The molecule has 0 aliphatic heterocycles. The van der Waals surface area contributed by atoms with Crippen LogP contribution in [-0.2, 0) is 11.3 Å². The number of anilines is 1. The summed E-state index contributed by atoms with van der Waals surface area (Å²) in [4.78, 5) is 29.4. The van der Waals surface area contributed by atoms with Gasteiger partial charge >= 0.3 is 0 Å². The first-order valence-corrected chi connectivity index (χ1v) is 10.6. The number of amides is 1. The molecule has 3 N–H and O–H groups in total. The van der Waals surface area contributed by atoms with E-state index in [1.165, 1.54) is 10.8 Å². The van der Waals surface area contributed by atoms with E-state index >= 15 is 0 Å². The number of aromatic nitrogens is 2. The number of fused-ring (bicyclic) bond motifs is 3. The Morgan fingerprint density at radius 2 is 1.76 bits per heavy atom. The fourth-order valence-electron chi connectivity index (χ4n) is 4.04. The van der Waals surface area contributed by atoms with E-state index < -0.39 is 5.91 Å². The van der Waals surface area contributed by atoms with Crippen molar-refractivity contribution in [2.45, 2.75) is 19.5 Å². The second-order valence-electron chi connectivity index (χ2n) is 7.94. The SMILES string of the molecule is C[C@@H](Nc1cnc(-c2ccccc2)n(CC(N)=O)c1=O)c1ccc2oc3ccccc3c2c1. The van der Waals surface area contributed by atoms with Gasteiger partial charge in [0.1, 0.15) is 29.2 Å². The van der Waals surface area contributed by atoms with E-state index in [1.807, 2.05) is 73.7 Å². The van der Waals surface area contributed by atoms with Crippen molar-refractivity contribution in [1.29, 1.82) is 0 Å². The summed E-state index contributed by atoms with van der Waals surface area (Å²) in [6.07, 6.45) is 1.50. The molecule has 0 radical (unpaired) electrons. The maximum atomic E-state index is 13.2. The summed E-state index contributed by atoms with van der Waals surface area (Å²) in [6, 6.07) is 22.9. The zero-order chi connectivity index (χ0) is 22.9. The van der Waals surface area contributed by atoms with Crippen molar-refractivity contribution in [3.8, 4) is 11.4 Å². The molecule has 0 fully saturated rings. The smallest absolute Gasteiger partial charge is 0.277 e. The first-order valence-electron chi connectivity index (χ1n) is 10.6. The number of hydrogen-bond donors (Lipinski definition) is 2. The van der Waals surface area contributed by atoms with Crippen molar-refractivity contribution >= 4 is 33.5 Å². The molecule has 1 atom stereocenters. The van der Waals surface area contributed by atoms with Gasteiger partial charge in [-0.25, -0.2) is 4.98 Å². The van der Waals surface area contributed by atoms with E-state index in [4.69, 9.17) is 10.2 Å². The van der Waals surface area contributed by atoms with Crippen molar-refractivity contribution in [2.75, 3.05) is 5.32 Å². The van der Waals surface area contributed by atoms with Gasteiger partial charge in [0.2, 0.25) is 5.91 Å². The molecule has 0 unspecified atom stereocenters. The Hall–Kier alpha value is -4.39. The van der Waals surface area contributed by atoms with E-state index in [2.05, 4.69) is 16.4 Å². The van der Waals surface area contributed by atoms with Gasteiger partial charge in [0, 0.05) is 22.4 Å². The van der Waals surface area contributed by atoms with Crippen LogP contribution in [0.15, 0.2) is 88.2 Å². The summed E-state index contributed by atoms with van der Waals surface area (Å²) in [6.45, 7) is 1.71. The van der Waals surface area contributed by atoms with Gasteiger partial charge < -0.3 is 15.5 Å². The Morgan fingerprint density at radius 1 is 1.03 bits per heavy atom. The van der Waals surface area contributed by atoms with Crippen molar-refractivity contribution < 1.29 is 9.21 Å². The number of hydrogen-bond acceptors (Lipinski definition) is 5. The quantitative estimate of drug-likeness (QED) is 0.407. The molecule has 0 saturated heterocycles. The number of nitrogens with zero attached hydrogens (tertiary/aromatic N) is 2. The minimum Gasteiger partial charge on any atom is -0.456 e. The van der Waals surface area contributed by atoms with E-state index in [-0.39, 0.29) is 18.1 Å². The molecule has 0 aliphatic rings. The van der Waals surface area contributed by atoms with Crippen LogP contribution in [0.1, 0.15) is 18.5 Å². The first-order chi connectivity index (χ1) is 16.0. The molecule has 7 heteroatoms. The maximum Gasteiger partial charge on any atom is 0.277 e. The number of primary amides is 1. The largest absolute Gasteiger partial charge is 0.456 e. The highest BCUT2D eigenvalue weighted by Crippen LogP contribution is 2.31. The van der Waals surface area contributed by atoms with Gasteiger partial charge in [-0.15, -0.1) is 0 Å². The summed E-state index contributed by atoms with van der Waals surface area (Å²) in [7, 11) is 0. The van der Waals surface area contributed by atoms with Crippen LogP contribution in [0.5, 0.6) is 0 Å². The van der Waals surface area contributed by atoms with Crippen molar-refractivity contribution in [3.05, 3.63) is 94.9 Å². The highest BCUT2D eigenvalue weighted by atomic mass is 16.3. The number of carbonyl (C=O) groups is 1. The Kier molecular flexibility index (Phi) is 5.14. The number of nitrogens with two attached hydrogens (primary N) is 1. The highest BCUT2D eigenvalue weighted by molar-refractivity contribution is 6.05. The molecule has 0 bridgehead atoms. The van der Waals surface area contributed by atoms with E-state index in [9.17, 15) is 9.59 Å². The minimum absolute atomic E-state index is 0.192. The van der Waals surface area contributed by atoms with Crippen LogP contribution in [0.25, 0.3) is 33.3 Å². The number of carbonyl (C=O) groups excluding carboxylic acids is 1. The molecule has 3 aromatic carbocycles. The minimum atomic E-state index is -0.612. The van der Waals surface area contributed by atoms with E-state index in [1.54, 1.807) is 0 Å². The van der Waals surface area contributed by atoms with Gasteiger partial charge in [-0.3, -0.25) is 14.2 Å². The fourth-order valence-corrected chi connectivity index (χ4v) is 4.04. The fraction of sp³-hybridized carbons (Fsp3) is 0.115. The van der Waals surface area contributed by atoms with Crippen molar-refractivity contribution in [2.24, 2.45) is 5.73 Å². The summed E-state index contributed by atoms with van der Waals surface area (Å²) in [5, 5.41) is 5.30. The van der Waals surface area contributed by atoms with Crippen LogP contribution in [-0.4, -0.2) is 15.5 Å². The van der Waals surface area contributed by atoms with Crippen LogP contribution in [0.2, 0.25) is 0 Å². The van der Waals surface area contributed by atoms with Crippen molar-refractivity contribution in [1.82, 2.24) is 9.55 Å². The van der Waals surface area contributed by atoms with Gasteiger partial charge in [0.15, 0.2) is 0 Å². The molecule has 5 rings (SSSR count). The molecule has 7 nitrogen and oxygen atoms in total. The third kappa shape index (κ3) is 3.85. The number of benzene rings is 3. The lowest BCUT2D eigenvalue weighted by molar-refractivity contribution is -0.118. The third-order valence-corrected chi connectivity index (χ3v) is 5.67. The van der Waals surface area contributed by atoms with Crippen LogP contribution in [0.4, 0.5) is 5.69 Å². The van der Waals surface area contributed by atoms with Gasteiger partial charge in [-0.05, 0) is 30.7 Å². The van der Waals surface area contributed by atoms with E-state index in [0.717, 1.165) is 33.1 Å². The number of para-hydroxylation sites is 1. The lowest BCUT2D eigenvalue weighted by Gasteiger charge is -2.18. The van der Waals surface area contributed by atoms with Crippen LogP contribution < -0.4 is 16.6 Å². The normalized spacial score (nSPS) is 12.2. The molecule has 0 spiro atoms. The zero-order valence-electron chi connectivity index (χ0n) is 18.0. The molecule has 33 heavy (non-hydrogen) atoms. The summed E-state index contributed by atoms with van der Waals surface area (Å²) in [5.74, 6) is -0.220. The second-order valence-corrected chi connectivity index (χ2v) is 7.94. The average molecular weight is 438 g/mol. The highest BCUT2D eigenvalue weighted by Gasteiger charge is 2.17. The Balaban J connectivity index is 1.51. The average Bonchev–Trinajstić information content (AvgIpc) is 3.20. The molecule has 164 valence electrons. The van der Waals surface area contributed by atoms with Gasteiger partial charge in [0.05, 0.1) is 6.20 Å². The second kappa shape index (κ2) is 8.27. The van der Waals surface area contributed by atoms with Crippen LogP contribution in [0.3, 0.4) is 0 Å². The number of nitrogens with one attached hydrogen (secondary N) is 1. The Labute approximate surface area is 189 Å². The standard InChI is InChI=1S/C26H22N4O3/c1-16(18-11-12-23-20(13-18)19-9-5-6-10-22(19)33-23)29-21-14-28-25(17-7-3-2-4-8-17)30(26(21)32)15-24(27)31/h2-14,16,29H,15H2,1H3,(H2,27,31)/t16-/m1/s1. The molecule has 0 saturated carbocycles. The Bertz CT molecular complexity index is 1540. The summed E-state index contributed by atoms with van der Waals surface area (Å²) >= 11 is 0. The summed E-state index contributed by atoms with van der Waals surface area (Å²) in [5.41, 5.74) is 8.71. The predicted octanol–water partition coefficient (Wildman–Crippen LogP) is 4.47. The van der Waals surface area contributed by atoms with E-state index in [0.29, 0.717) is 11.5 Å². The molecular formula is C26H22N4O3. The van der Waals surface area contributed by atoms with Gasteiger partial charge in [0.25, 0.3) is 5.56 Å². The van der Waals surface area contributed by atoms with Gasteiger partial charge in [-0.1, -0.05) is 54.6 Å². The number of furan rings is 1. The Morgan fingerprint density at radius 3 is 2.55 bits per heavy atom. The summed E-state index contributed by atoms with van der Waals surface area (Å²) < 4.78 is 7.21. The first kappa shape index (κ1) is 20.5. The molecule has 1 amide bonds. The van der Waals surface area contributed by atoms with Crippen LogP contribution >= 0.6 is 0 Å². The molecule has 0 aliphatic carbocycles. The van der Waals surface area contributed by atoms with Crippen molar-refractivity contribution in [3.63, 3.8) is 0 Å². The monoisotopic (exact) mass is 438 g/mol. The topological polar surface area (TPSA) is 103 Å². The predicted molar refractivity (Wildman–Crippen MR) is 129 cm³/mol. The molecule has 5 aromatic rings. The molecular weight excluding hydrogens is 416 g/mol. The number of rotatable bonds is 6. The lowest BCUT2D eigenvalue weighted by atomic mass is 10.0. The van der Waals surface area contributed by atoms with Gasteiger partial charge in [-0.2, -0.15) is 0 Å². The zero-order valence-corrected chi connectivity index (χ0v) is 18.0. The molecule has 2 heterocycles. The third-order valence-electron chi connectivity index (χ3n) is 5.67. The van der Waals surface area contributed by atoms with Crippen LogP contribution in [0, 0.1) is 0 Å². The molecule has 2 aromatic heterocycles. The lowest BCUT2D eigenvalue weighted by Crippen LogP contribution is -2.31.